The Balaban J connectivity index is 1.87. The molecule has 2 aliphatic rings. The second kappa shape index (κ2) is 4.83. The molecule has 3 heterocycles. The Morgan fingerprint density at radius 2 is 2.28 bits per heavy atom. The molecule has 3 nitrogen and oxygen atoms in total. The molecule has 1 aromatic heterocycles. The lowest BCUT2D eigenvalue weighted by atomic mass is 9.80. The van der Waals surface area contributed by atoms with Crippen molar-refractivity contribution in [1.29, 1.82) is 0 Å². The topological polar surface area (TPSA) is 32.7 Å². The molecule has 100 valence electrons. The maximum absolute atomic E-state index is 9.77. The molecule has 0 saturated carbocycles. The van der Waals surface area contributed by atoms with E-state index >= 15 is 0 Å². The van der Waals surface area contributed by atoms with Crippen molar-refractivity contribution in [2.75, 3.05) is 20.8 Å². The number of rotatable bonds is 3. The molecule has 4 atom stereocenters. The Labute approximate surface area is 112 Å². The lowest BCUT2D eigenvalue weighted by molar-refractivity contribution is 0.0602. The van der Waals surface area contributed by atoms with Crippen LogP contribution in [0.15, 0.2) is 12.1 Å². The Bertz CT molecular complexity index is 420. The van der Waals surface area contributed by atoms with Crippen molar-refractivity contribution in [3.05, 3.63) is 17.0 Å². The minimum absolute atomic E-state index is 0.298. The summed E-state index contributed by atoms with van der Waals surface area (Å²) in [6, 6.07) is 5.50. The SMILES string of the molecule is COc1ccc([C@H]2CC3CCC([C@@H]2CO)N3C)s1. The molecule has 2 aliphatic heterocycles. The summed E-state index contributed by atoms with van der Waals surface area (Å²) in [5.74, 6) is 0.898. The number of nitrogens with zero attached hydrogens (tertiary/aromatic N) is 1. The van der Waals surface area contributed by atoms with Crippen LogP contribution in [0.25, 0.3) is 0 Å². The van der Waals surface area contributed by atoms with Gasteiger partial charge in [-0.3, -0.25) is 0 Å². The van der Waals surface area contributed by atoms with Gasteiger partial charge in [-0.15, -0.1) is 11.3 Å². The van der Waals surface area contributed by atoms with Gasteiger partial charge in [-0.05, 0) is 38.4 Å². The quantitative estimate of drug-likeness (QED) is 0.912. The van der Waals surface area contributed by atoms with E-state index in [0.717, 1.165) is 5.06 Å². The number of hydrogen-bond donors (Lipinski definition) is 1. The zero-order valence-corrected chi connectivity index (χ0v) is 11.8. The van der Waals surface area contributed by atoms with Crippen LogP contribution in [-0.4, -0.2) is 42.9 Å². The molecule has 0 aliphatic carbocycles. The molecule has 3 rings (SSSR count). The number of aliphatic hydroxyl groups is 1. The molecule has 4 heteroatoms. The minimum atomic E-state index is 0.298. The van der Waals surface area contributed by atoms with Gasteiger partial charge in [0.25, 0.3) is 0 Å². The van der Waals surface area contributed by atoms with Crippen molar-refractivity contribution in [2.45, 2.75) is 37.3 Å². The van der Waals surface area contributed by atoms with Gasteiger partial charge in [-0.25, -0.2) is 0 Å². The van der Waals surface area contributed by atoms with Crippen LogP contribution in [0.4, 0.5) is 0 Å². The van der Waals surface area contributed by atoms with Crippen molar-refractivity contribution < 1.29 is 9.84 Å². The molecule has 1 N–H and O–H groups in total. The van der Waals surface area contributed by atoms with Crippen LogP contribution in [0.3, 0.4) is 0 Å². The molecule has 0 radical (unpaired) electrons. The summed E-state index contributed by atoms with van der Waals surface area (Å²) in [5.41, 5.74) is 0. The highest BCUT2D eigenvalue weighted by Gasteiger charge is 2.45. The van der Waals surface area contributed by atoms with E-state index in [4.69, 9.17) is 4.74 Å². The van der Waals surface area contributed by atoms with Gasteiger partial charge in [0.15, 0.2) is 5.06 Å². The lowest BCUT2D eigenvalue weighted by Crippen LogP contribution is -2.46. The first-order valence-electron chi connectivity index (χ1n) is 6.71. The van der Waals surface area contributed by atoms with Gasteiger partial charge >= 0.3 is 0 Å². The molecule has 2 bridgehead atoms. The van der Waals surface area contributed by atoms with Gasteiger partial charge in [0.2, 0.25) is 0 Å². The molecule has 18 heavy (non-hydrogen) atoms. The highest BCUT2D eigenvalue weighted by atomic mass is 32.1. The fourth-order valence-corrected chi connectivity index (χ4v) is 4.81. The van der Waals surface area contributed by atoms with E-state index < -0.39 is 0 Å². The van der Waals surface area contributed by atoms with Crippen molar-refractivity contribution in [3.63, 3.8) is 0 Å². The first-order chi connectivity index (χ1) is 8.74. The van der Waals surface area contributed by atoms with E-state index in [1.54, 1.807) is 18.4 Å². The first-order valence-corrected chi connectivity index (χ1v) is 7.52. The monoisotopic (exact) mass is 267 g/mol. The van der Waals surface area contributed by atoms with E-state index in [-0.39, 0.29) is 0 Å². The Morgan fingerprint density at radius 3 is 2.94 bits per heavy atom. The highest BCUT2D eigenvalue weighted by Crippen LogP contribution is 2.48. The third-order valence-corrected chi connectivity index (χ3v) is 5.99. The second-order valence-corrected chi connectivity index (χ2v) is 6.59. The van der Waals surface area contributed by atoms with E-state index in [2.05, 4.69) is 24.1 Å². The smallest absolute Gasteiger partial charge is 0.173 e. The zero-order valence-electron chi connectivity index (χ0n) is 11.0. The minimum Gasteiger partial charge on any atom is -0.487 e. The van der Waals surface area contributed by atoms with Gasteiger partial charge < -0.3 is 14.7 Å². The van der Waals surface area contributed by atoms with E-state index in [1.165, 1.54) is 24.1 Å². The van der Waals surface area contributed by atoms with E-state index in [0.29, 0.717) is 30.5 Å². The third kappa shape index (κ3) is 1.87. The fraction of sp³-hybridized carbons (Fsp3) is 0.714. The van der Waals surface area contributed by atoms with Crippen LogP contribution in [-0.2, 0) is 0 Å². The predicted octanol–water partition coefficient (Wildman–Crippen LogP) is 2.32. The average Bonchev–Trinajstić information content (AvgIpc) is 2.93. The molecule has 0 aromatic carbocycles. The van der Waals surface area contributed by atoms with Gasteiger partial charge in [-0.2, -0.15) is 0 Å². The Kier molecular flexibility index (Phi) is 3.34. The summed E-state index contributed by atoms with van der Waals surface area (Å²) in [6.45, 7) is 0.298. The standard InChI is InChI=1S/C14H21NO2S/c1-15-9-3-4-12(15)11(8-16)10(7-9)13-5-6-14(17-2)18-13/h5-6,9-12,16H,3-4,7-8H2,1-2H3/t9?,10-,11+,12?/m0/s1. The lowest BCUT2D eigenvalue weighted by Gasteiger charge is -2.42. The summed E-state index contributed by atoms with van der Waals surface area (Å²) in [6.07, 6.45) is 3.71. The normalized spacial score (nSPS) is 35.9. The Morgan fingerprint density at radius 1 is 1.44 bits per heavy atom. The summed E-state index contributed by atoms with van der Waals surface area (Å²) in [5, 5.41) is 10.8. The Hall–Kier alpha value is -0.580. The summed E-state index contributed by atoms with van der Waals surface area (Å²) in [7, 11) is 3.94. The van der Waals surface area contributed by atoms with Gasteiger partial charge in [-0.1, -0.05) is 0 Å². The van der Waals surface area contributed by atoms with Crippen molar-refractivity contribution in [3.8, 4) is 5.06 Å². The van der Waals surface area contributed by atoms with Crippen LogP contribution < -0.4 is 4.74 Å². The molecule has 0 amide bonds. The predicted molar refractivity (Wildman–Crippen MR) is 73.4 cm³/mol. The van der Waals surface area contributed by atoms with Crippen molar-refractivity contribution in [2.24, 2.45) is 5.92 Å². The molecule has 2 fully saturated rings. The molecular formula is C14H21NO2S. The number of piperidine rings is 1. The maximum atomic E-state index is 9.77. The number of thiophene rings is 1. The number of hydrogen-bond acceptors (Lipinski definition) is 4. The van der Waals surface area contributed by atoms with Gasteiger partial charge in [0.1, 0.15) is 0 Å². The fourth-order valence-electron chi connectivity index (χ4n) is 3.80. The summed E-state index contributed by atoms with van der Waals surface area (Å²) >= 11 is 1.74. The maximum Gasteiger partial charge on any atom is 0.173 e. The number of ether oxygens (including phenoxy) is 1. The van der Waals surface area contributed by atoms with Crippen LogP contribution in [0.1, 0.15) is 30.1 Å². The largest absolute Gasteiger partial charge is 0.487 e. The zero-order chi connectivity index (χ0) is 12.7. The van der Waals surface area contributed by atoms with Crippen LogP contribution in [0, 0.1) is 5.92 Å². The van der Waals surface area contributed by atoms with Crippen LogP contribution in [0.5, 0.6) is 5.06 Å². The van der Waals surface area contributed by atoms with Gasteiger partial charge in [0.05, 0.1) is 7.11 Å². The van der Waals surface area contributed by atoms with Crippen molar-refractivity contribution in [1.82, 2.24) is 4.90 Å². The molecule has 1 aromatic rings. The second-order valence-electron chi connectivity index (χ2n) is 5.51. The average molecular weight is 267 g/mol. The number of aliphatic hydroxyl groups excluding tert-OH is 1. The summed E-state index contributed by atoms with van der Waals surface area (Å²) < 4.78 is 5.29. The first kappa shape index (κ1) is 12.5. The molecule has 2 saturated heterocycles. The third-order valence-electron chi connectivity index (χ3n) is 4.81. The highest BCUT2D eigenvalue weighted by molar-refractivity contribution is 7.13. The van der Waals surface area contributed by atoms with Crippen molar-refractivity contribution >= 4 is 11.3 Å². The van der Waals surface area contributed by atoms with Crippen LogP contribution >= 0.6 is 11.3 Å². The molecule has 0 spiro atoms. The molecular weight excluding hydrogens is 246 g/mol. The van der Waals surface area contributed by atoms with Gasteiger partial charge in [0, 0.05) is 35.4 Å². The van der Waals surface area contributed by atoms with E-state index in [1.807, 2.05) is 0 Å². The van der Waals surface area contributed by atoms with Crippen LogP contribution in [0.2, 0.25) is 0 Å². The number of methoxy groups -OCH3 is 1. The summed E-state index contributed by atoms with van der Waals surface area (Å²) in [4.78, 5) is 3.87. The molecule has 2 unspecified atom stereocenters. The number of fused-ring (bicyclic) bond motifs is 2. The van der Waals surface area contributed by atoms with E-state index in [9.17, 15) is 5.11 Å².